The van der Waals surface area contributed by atoms with Gasteiger partial charge in [0.15, 0.2) is 0 Å². The molecule has 2 heterocycles. The van der Waals surface area contributed by atoms with E-state index in [-0.39, 0.29) is 0 Å². The fourth-order valence-electron chi connectivity index (χ4n) is 2.47. The van der Waals surface area contributed by atoms with E-state index in [4.69, 9.17) is 16.3 Å². The van der Waals surface area contributed by atoms with Crippen LogP contribution in [0, 0.1) is 0 Å². The Morgan fingerprint density at radius 1 is 0.923 bits per heavy atom. The maximum absolute atomic E-state index is 5.87. The predicted octanol–water partition coefficient (Wildman–Crippen LogP) is 5.00. The molecule has 0 aliphatic carbocycles. The van der Waals surface area contributed by atoms with Crippen molar-refractivity contribution in [2.24, 2.45) is 0 Å². The van der Waals surface area contributed by atoms with Crippen LogP contribution in [0.2, 0.25) is 5.15 Å². The summed E-state index contributed by atoms with van der Waals surface area (Å²) < 4.78 is 5.79. The number of hydrogen-bond acceptors (Lipinski definition) is 5. The number of rotatable bonds is 5. The van der Waals surface area contributed by atoms with E-state index in [9.17, 15) is 0 Å². The Bertz CT molecular complexity index is 1020. The highest BCUT2D eigenvalue weighted by atomic mass is 35.5. The summed E-state index contributed by atoms with van der Waals surface area (Å²) >= 11 is 5.87. The summed E-state index contributed by atoms with van der Waals surface area (Å²) in [4.78, 5) is 12.8. The normalized spacial score (nSPS) is 10.7. The molecule has 0 aliphatic rings. The lowest BCUT2D eigenvalue weighted by Crippen LogP contribution is -1.98. The first-order chi connectivity index (χ1) is 12.8. The molecular weight excluding hydrogens is 348 g/mol. The van der Waals surface area contributed by atoms with Crippen LogP contribution in [0.1, 0.15) is 5.56 Å². The van der Waals surface area contributed by atoms with Crippen LogP contribution < -0.4 is 10.1 Å². The molecule has 4 aromatic rings. The van der Waals surface area contributed by atoms with Crippen molar-refractivity contribution in [2.45, 2.75) is 6.61 Å². The van der Waals surface area contributed by atoms with Crippen LogP contribution in [0.15, 0.2) is 73.1 Å². The van der Waals surface area contributed by atoms with Crippen molar-refractivity contribution in [3.05, 3.63) is 83.8 Å². The van der Waals surface area contributed by atoms with Crippen LogP contribution in [0.25, 0.3) is 10.9 Å². The highest BCUT2D eigenvalue weighted by Crippen LogP contribution is 2.21. The standard InChI is InChI=1S/C20H15ClN4O/c21-19-10-15-11-23-20(25-18(15)12-22-19)24-16-6-8-17(9-7-16)26-13-14-4-2-1-3-5-14/h1-12H,13H2,(H,23,24,25). The van der Waals surface area contributed by atoms with Gasteiger partial charge in [-0.3, -0.25) is 0 Å². The van der Waals surface area contributed by atoms with Crippen molar-refractivity contribution in [3.63, 3.8) is 0 Å². The predicted molar refractivity (Wildman–Crippen MR) is 103 cm³/mol. The van der Waals surface area contributed by atoms with Gasteiger partial charge >= 0.3 is 0 Å². The molecule has 0 fully saturated rings. The van der Waals surface area contributed by atoms with Gasteiger partial charge in [0.2, 0.25) is 5.95 Å². The van der Waals surface area contributed by atoms with Crippen molar-refractivity contribution >= 4 is 34.1 Å². The van der Waals surface area contributed by atoms with E-state index in [2.05, 4.69) is 20.3 Å². The second kappa shape index (κ2) is 7.37. The molecule has 128 valence electrons. The van der Waals surface area contributed by atoms with Crippen molar-refractivity contribution in [2.75, 3.05) is 5.32 Å². The summed E-state index contributed by atoms with van der Waals surface area (Å²) in [5.41, 5.74) is 2.74. The Balaban J connectivity index is 1.43. The number of anilines is 2. The van der Waals surface area contributed by atoms with Gasteiger partial charge in [0.1, 0.15) is 17.5 Å². The summed E-state index contributed by atoms with van der Waals surface area (Å²) in [7, 11) is 0. The van der Waals surface area contributed by atoms with Crippen LogP contribution in [0.5, 0.6) is 5.75 Å². The molecule has 0 bridgehead atoms. The van der Waals surface area contributed by atoms with E-state index in [0.29, 0.717) is 17.7 Å². The second-order valence-corrected chi connectivity index (χ2v) is 6.07. The average molecular weight is 363 g/mol. The SMILES string of the molecule is Clc1cc2cnc(Nc3ccc(OCc4ccccc4)cc3)nc2cn1. The lowest BCUT2D eigenvalue weighted by Gasteiger charge is -2.09. The summed E-state index contributed by atoms with van der Waals surface area (Å²) in [6.45, 7) is 0.539. The van der Waals surface area contributed by atoms with E-state index in [0.717, 1.165) is 27.9 Å². The van der Waals surface area contributed by atoms with E-state index in [1.165, 1.54) is 0 Å². The number of halogens is 1. The van der Waals surface area contributed by atoms with Gasteiger partial charge in [-0.25, -0.2) is 15.0 Å². The summed E-state index contributed by atoms with van der Waals surface area (Å²) in [5, 5.41) is 4.44. The number of benzene rings is 2. The molecule has 0 spiro atoms. The summed E-state index contributed by atoms with van der Waals surface area (Å²) in [6.07, 6.45) is 3.35. The zero-order valence-electron chi connectivity index (χ0n) is 13.8. The van der Waals surface area contributed by atoms with Crippen LogP contribution in [0.3, 0.4) is 0 Å². The van der Waals surface area contributed by atoms with E-state index >= 15 is 0 Å². The Labute approximate surface area is 155 Å². The summed E-state index contributed by atoms with van der Waals surface area (Å²) in [5.74, 6) is 1.30. The Kier molecular flexibility index (Phi) is 4.62. The van der Waals surface area contributed by atoms with Crippen molar-refractivity contribution in [3.8, 4) is 5.75 Å². The van der Waals surface area contributed by atoms with Gasteiger partial charge in [0.05, 0.1) is 11.7 Å². The first-order valence-corrected chi connectivity index (χ1v) is 8.46. The van der Waals surface area contributed by atoms with Crippen LogP contribution in [-0.4, -0.2) is 15.0 Å². The molecule has 0 atom stereocenters. The largest absolute Gasteiger partial charge is 0.489 e. The highest BCUT2D eigenvalue weighted by molar-refractivity contribution is 6.30. The van der Waals surface area contributed by atoms with Crippen molar-refractivity contribution in [1.29, 1.82) is 0 Å². The molecule has 0 aliphatic heterocycles. The van der Waals surface area contributed by atoms with Gasteiger partial charge in [-0.1, -0.05) is 41.9 Å². The van der Waals surface area contributed by atoms with Crippen molar-refractivity contribution < 1.29 is 4.74 Å². The molecule has 26 heavy (non-hydrogen) atoms. The first kappa shape index (κ1) is 16.3. The molecule has 0 saturated heterocycles. The minimum absolute atomic E-state index is 0.424. The van der Waals surface area contributed by atoms with Gasteiger partial charge in [-0.05, 0) is 35.9 Å². The van der Waals surface area contributed by atoms with Gasteiger partial charge in [0, 0.05) is 17.3 Å². The van der Waals surface area contributed by atoms with Gasteiger partial charge in [-0.2, -0.15) is 0 Å². The first-order valence-electron chi connectivity index (χ1n) is 8.08. The smallest absolute Gasteiger partial charge is 0.227 e. The molecule has 0 amide bonds. The van der Waals surface area contributed by atoms with Gasteiger partial charge in [0.25, 0.3) is 0 Å². The van der Waals surface area contributed by atoms with Gasteiger partial charge in [-0.15, -0.1) is 0 Å². The minimum Gasteiger partial charge on any atom is -0.489 e. The minimum atomic E-state index is 0.424. The molecule has 4 rings (SSSR count). The van der Waals surface area contributed by atoms with E-state index < -0.39 is 0 Å². The number of nitrogens with one attached hydrogen (secondary N) is 1. The number of hydrogen-bond donors (Lipinski definition) is 1. The highest BCUT2D eigenvalue weighted by Gasteiger charge is 2.03. The fourth-order valence-corrected chi connectivity index (χ4v) is 2.64. The average Bonchev–Trinajstić information content (AvgIpc) is 2.68. The molecule has 0 radical (unpaired) electrons. The molecule has 6 heteroatoms. The Hall–Kier alpha value is -3.18. The second-order valence-electron chi connectivity index (χ2n) is 5.68. The zero-order chi connectivity index (χ0) is 17.8. The molecule has 5 nitrogen and oxygen atoms in total. The number of nitrogens with zero attached hydrogens (tertiary/aromatic N) is 3. The molecule has 2 aromatic heterocycles. The van der Waals surface area contributed by atoms with Crippen LogP contribution >= 0.6 is 11.6 Å². The van der Waals surface area contributed by atoms with Crippen molar-refractivity contribution in [1.82, 2.24) is 15.0 Å². The third kappa shape index (κ3) is 3.90. The zero-order valence-corrected chi connectivity index (χ0v) is 14.5. The van der Waals surface area contributed by atoms with Crippen LogP contribution in [-0.2, 0) is 6.61 Å². The summed E-state index contributed by atoms with van der Waals surface area (Å²) in [6, 6.07) is 19.5. The number of pyridine rings is 1. The Morgan fingerprint density at radius 2 is 1.73 bits per heavy atom. The van der Waals surface area contributed by atoms with E-state index in [1.807, 2.05) is 54.6 Å². The molecule has 2 aromatic carbocycles. The third-order valence-electron chi connectivity index (χ3n) is 3.79. The number of aromatic nitrogens is 3. The number of fused-ring (bicyclic) bond motifs is 1. The lowest BCUT2D eigenvalue weighted by atomic mass is 10.2. The van der Waals surface area contributed by atoms with Crippen LogP contribution in [0.4, 0.5) is 11.6 Å². The molecule has 1 N–H and O–H groups in total. The number of ether oxygens (including phenoxy) is 1. The van der Waals surface area contributed by atoms with E-state index in [1.54, 1.807) is 18.5 Å². The maximum atomic E-state index is 5.87. The maximum Gasteiger partial charge on any atom is 0.227 e. The Morgan fingerprint density at radius 3 is 2.54 bits per heavy atom. The quantitative estimate of drug-likeness (QED) is 0.506. The fraction of sp³-hybridized carbons (Fsp3) is 0.0500. The third-order valence-corrected chi connectivity index (χ3v) is 4.00. The lowest BCUT2D eigenvalue weighted by molar-refractivity contribution is 0.306. The van der Waals surface area contributed by atoms with Gasteiger partial charge < -0.3 is 10.1 Å². The monoisotopic (exact) mass is 362 g/mol. The molecule has 0 saturated carbocycles. The molecule has 0 unspecified atom stereocenters. The topological polar surface area (TPSA) is 59.9 Å². The molecular formula is C20H15ClN4O.